The molecule has 0 unspecified atom stereocenters. The van der Waals surface area contributed by atoms with E-state index in [-0.39, 0.29) is 59.0 Å². The number of carbonyl (C=O) groups excluding carboxylic acids is 1. The lowest BCUT2D eigenvalue weighted by atomic mass is 10.2. The van der Waals surface area contributed by atoms with Gasteiger partial charge in [0.1, 0.15) is 18.8 Å². The molecule has 2 aromatic carbocycles. The molecular formula is C22H23BrClFN6O4. The maximum atomic E-state index is 14.5. The summed E-state index contributed by atoms with van der Waals surface area (Å²) >= 11 is 9.10. The number of amides is 1. The number of hydrogen-bond donors (Lipinski definition) is 2. The number of halogens is 3. The van der Waals surface area contributed by atoms with Crippen molar-refractivity contribution in [2.24, 2.45) is 0 Å². The summed E-state index contributed by atoms with van der Waals surface area (Å²) in [6.45, 7) is 5.90. The Morgan fingerprint density at radius 1 is 1.29 bits per heavy atom. The van der Waals surface area contributed by atoms with Gasteiger partial charge in [0.2, 0.25) is 5.91 Å². The van der Waals surface area contributed by atoms with Crippen molar-refractivity contribution in [1.29, 1.82) is 0 Å². The highest BCUT2D eigenvalue weighted by atomic mass is 79.9. The van der Waals surface area contributed by atoms with Crippen molar-refractivity contribution in [3.05, 3.63) is 56.0 Å². The van der Waals surface area contributed by atoms with Gasteiger partial charge in [-0.05, 0) is 41.2 Å². The van der Waals surface area contributed by atoms with Crippen LogP contribution in [-0.2, 0) is 4.79 Å². The lowest BCUT2D eigenvalue weighted by molar-refractivity contribution is -0.385. The van der Waals surface area contributed by atoms with Gasteiger partial charge < -0.3 is 15.4 Å². The molecule has 35 heavy (non-hydrogen) atoms. The highest BCUT2D eigenvalue weighted by molar-refractivity contribution is 9.10. The normalized spacial score (nSPS) is 11.0. The van der Waals surface area contributed by atoms with E-state index in [1.165, 1.54) is 24.5 Å². The average Bonchev–Trinajstić information content (AvgIpc) is 2.85. The van der Waals surface area contributed by atoms with Gasteiger partial charge in [0.05, 0.1) is 39.6 Å². The third-order valence-electron chi connectivity index (χ3n) is 5.14. The molecule has 0 bridgehead atoms. The summed E-state index contributed by atoms with van der Waals surface area (Å²) in [5.41, 5.74) is 0.0676. The van der Waals surface area contributed by atoms with Crippen molar-refractivity contribution in [1.82, 2.24) is 20.2 Å². The topological polar surface area (TPSA) is 123 Å². The maximum absolute atomic E-state index is 14.5. The Kier molecular flexibility index (Phi) is 9.13. The van der Waals surface area contributed by atoms with Gasteiger partial charge >= 0.3 is 5.69 Å². The smallest absolute Gasteiger partial charge is 0.311 e. The summed E-state index contributed by atoms with van der Waals surface area (Å²) in [6.07, 6.45) is 1.24. The molecular weight excluding hydrogens is 547 g/mol. The van der Waals surface area contributed by atoms with Crippen LogP contribution in [0.1, 0.15) is 13.8 Å². The summed E-state index contributed by atoms with van der Waals surface area (Å²) in [5, 5.41) is 17.4. The Bertz CT molecular complexity index is 1240. The molecule has 0 aliphatic rings. The van der Waals surface area contributed by atoms with E-state index in [4.69, 9.17) is 16.3 Å². The zero-order valence-electron chi connectivity index (χ0n) is 19.0. The Labute approximate surface area is 214 Å². The largest absolute Gasteiger partial charge is 0.485 e. The van der Waals surface area contributed by atoms with Crippen molar-refractivity contribution < 1.29 is 18.8 Å². The Morgan fingerprint density at radius 2 is 2.03 bits per heavy atom. The molecule has 1 aromatic heterocycles. The first-order chi connectivity index (χ1) is 16.7. The molecule has 3 aromatic rings. The number of nitrogens with one attached hydrogen (secondary N) is 2. The van der Waals surface area contributed by atoms with Gasteiger partial charge in [-0.15, -0.1) is 0 Å². The first-order valence-corrected chi connectivity index (χ1v) is 11.9. The van der Waals surface area contributed by atoms with Crippen molar-refractivity contribution in [3.8, 4) is 5.75 Å². The number of ether oxygens (including phenoxy) is 1. The molecule has 0 aliphatic heterocycles. The lowest BCUT2D eigenvalue weighted by Crippen LogP contribution is -2.38. The van der Waals surface area contributed by atoms with Gasteiger partial charge in [-0.1, -0.05) is 25.4 Å². The van der Waals surface area contributed by atoms with Crippen LogP contribution in [0.5, 0.6) is 5.75 Å². The van der Waals surface area contributed by atoms with Crippen LogP contribution < -0.4 is 15.4 Å². The number of hydrogen-bond acceptors (Lipinski definition) is 8. The van der Waals surface area contributed by atoms with Crippen LogP contribution in [0.3, 0.4) is 0 Å². The third kappa shape index (κ3) is 6.53. The molecule has 0 spiro atoms. The van der Waals surface area contributed by atoms with Crippen LogP contribution in [-0.4, -0.2) is 58.5 Å². The molecule has 2 N–H and O–H groups in total. The minimum Gasteiger partial charge on any atom is -0.485 e. The Hall–Kier alpha value is -3.09. The summed E-state index contributed by atoms with van der Waals surface area (Å²) in [7, 11) is 0. The molecule has 1 amide bonds. The molecule has 186 valence electrons. The zero-order chi connectivity index (χ0) is 25.5. The second-order valence-corrected chi connectivity index (χ2v) is 8.56. The molecule has 0 atom stereocenters. The number of anilines is 2. The summed E-state index contributed by atoms with van der Waals surface area (Å²) < 4.78 is 20.5. The van der Waals surface area contributed by atoms with Crippen LogP contribution in [0.4, 0.5) is 21.6 Å². The molecule has 0 saturated heterocycles. The summed E-state index contributed by atoms with van der Waals surface area (Å²) in [4.78, 5) is 33.3. The number of rotatable bonds is 11. The molecule has 3 rings (SSSR count). The van der Waals surface area contributed by atoms with Crippen molar-refractivity contribution in [3.63, 3.8) is 0 Å². The lowest BCUT2D eigenvalue weighted by Gasteiger charge is -2.17. The van der Waals surface area contributed by atoms with E-state index in [0.717, 1.165) is 13.1 Å². The van der Waals surface area contributed by atoms with Crippen molar-refractivity contribution in [2.75, 3.05) is 38.1 Å². The van der Waals surface area contributed by atoms with Crippen LogP contribution in [0, 0.1) is 15.9 Å². The van der Waals surface area contributed by atoms with E-state index in [1.54, 1.807) is 6.07 Å². The monoisotopic (exact) mass is 568 g/mol. The quantitative estimate of drug-likeness (QED) is 0.148. The van der Waals surface area contributed by atoms with Gasteiger partial charge in [0.25, 0.3) is 0 Å². The SMILES string of the molecule is CCN(CC)CC(=O)NCCOc1cc2ncnc(Nc3ccc(Br)c(Cl)c3F)c2cc1[N+](=O)[O-]. The number of nitro benzene ring substituents is 1. The van der Waals surface area contributed by atoms with E-state index in [0.29, 0.717) is 9.99 Å². The molecule has 13 heteroatoms. The fourth-order valence-electron chi connectivity index (χ4n) is 3.24. The predicted molar refractivity (Wildman–Crippen MR) is 135 cm³/mol. The van der Waals surface area contributed by atoms with Crippen LogP contribution >= 0.6 is 27.5 Å². The number of benzene rings is 2. The zero-order valence-corrected chi connectivity index (χ0v) is 21.3. The Balaban J connectivity index is 1.79. The van der Waals surface area contributed by atoms with Crippen LogP contribution in [0.15, 0.2) is 35.1 Å². The van der Waals surface area contributed by atoms with Crippen molar-refractivity contribution in [2.45, 2.75) is 13.8 Å². The van der Waals surface area contributed by atoms with Crippen LogP contribution in [0.2, 0.25) is 5.02 Å². The minimum atomic E-state index is -0.703. The molecule has 0 aliphatic carbocycles. The highest BCUT2D eigenvalue weighted by Gasteiger charge is 2.20. The van der Waals surface area contributed by atoms with E-state index >= 15 is 0 Å². The van der Waals surface area contributed by atoms with Crippen LogP contribution in [0.25, 0.3) is 10.9 Å². The average molecular weight is 570 g/mol. The fourth-order valence-corrected chi connectivity index (χ4v) is 3.71. The number of likely N-dealkylation sites (N-methyl/N-ethyl adjacent to an activating group) is 1. The number of aromatic nitrogens is 2. The maximum Gasteiger partial charge on any atom is 0.311 e. The first-order valence-electron chi connectivity index (χ1n) is 10.7. The number of fused-ring (bicyclic) bond motifs is 1. The third-order valence-corrected chi connectivity index (χ3v) is 6.40. The van der Waals surface area contributed by atoms with Crippen molar-refractivity contribution >= 4 is 61.5 Å². The van der Waals surface area contributed by atoms with E-state index in [2.05, 4.69) is 36.5 Å². The highest BCUT2D eigenvalue weighted by Crippen LogP contribution is 2.36. The van der Waals surface area contributed by atoms with Gasteiger partial charge in [0.15, 0.2) is 11.6 Å². The van der Waals surface area contributed by atoms with Gasteiger partial charge in [-0.3, -0.25) is 19.8 Å². The van der Waals surface area contributed by atoms with E-state index < -0.39 is 10.7 Å². The second-order valence-electron chi connectivity index (χ2n) is 7.32. The molecule has 0 saturated carbocycles. The molecule has 0 radical (unpaired) electrons. The molecule has 1 heterocycles. The minimum absolute atomic E-state index is 0.0111. The Morgan fingerprint density at radius 3 is 2.71 bits per heavy atom. The summed E-state index contributed by atoms with van der Waals surface area (Å²) in [5.74, 6) is -0.715. The predicted octanol–water partition coefficient (Wildman–Crippen LogP) is 4.67. The second kappa shape index (κ2) is 12.0. The van der Waals surface area contributed by atoms with Gasteiger partial charge in [-0.2, -0.15) is 0 Å². The fraction of sp³-hybridized carbons (Fsp3) is 0.318. The summed E-state index contributed by atoms with van der Waals surface area (Å²) in [6, 6.07) is 5.68. The molecule has 10 nitrogen and oxygen atoms in total. The number of carbonyl (C=O) groups is 1. The first kappa shape index (κ1) is 26.5. The number of nitrogens with zero attached hydrogens (tertiary/aromatic N) is 4. The standard InChI is InChI=1S/C22H23BrClFN6O4/c1-3-30(4-2)11-19(32)26-7-8-35-18-10-16-13(9-17(18)31(33)34)22(28-12-27-16)29-15-6-5-14(23)20(24)21(15)25/h5-6,9-10,12H,3-4,7-8,11H2,1-2H3,(H,26,32)(H,27,28,29). The van der Waals surface area contributed by atoms with E-state index in [9.17, 15) is 19.3 Å². The van der Waals surface area contributed by atoms with E-state index in [1.807, 2.05) is 18.7 Å². The van der Waals surface area contributed by atoms with Gasteiger partial charge in [-0.25, -0.2) is 14.4 Å². The molecule has 0 fully saturated rings. The number of nitro groups is 1. The van der Waals surface area contributed by atoms with Gasteiger partial charge in [0, 0.05) is 16.6 Å².